The Morgan fingerprint density at radius 3 is 2.67 bits per heavy atom. The van der Waals surface area contributed by atoms with Gasteiger partial charge < -0.3 is 10.2 Å². The molecule has 0 aliphatic carbocycles. The van der Waals surface area contributed by atoms with E-state index >= 15 is 0 Å². The highest BCUT2D eigenvalue weighted by Gasteiger charge is 2.46. The fourth-order valence-electron chi connectivity index (χ4n) is 2.82. The van der Waals surface area contributed by atoms with Gasteiger partial charge in [0.05, 0.1) is 5.56 Å². The first-order chi connectivity index (χ1) is 11.5. The zero-order valence-corrected chi connectivity index (χ0v) is 13.6. The lowest BCUT2D eigenvalue weighted by Gasteiger charge is -2.31. The number of pyridine rings is 1. The van der Waals surface area contributed by atoms with Crippen LogP contribution in [-0.2, 0) is 5.72 Å². The van der Waals surface area contributed by atoms with Gasteiger partial charge in [-0.05, 0) is 37.1 Å². The largest absolute Gasteiger partial charge is 0.507 e. The third-order valence-electron chi connectivity index (χ3n) is 4.25. The number of aryl methyl sites for hydroxylation is 1. The van der Waals surface area contributed by atoms with Gasteiger partial charge in [-0.1, -0.05) is 19.1 Å². The van der Waals surface area contributed by atoms with Crippen molar-refractivity contribution < 1.29 is 15.0 Å². The van der Waals surface area contributed by atoms with Crippen molar-refractivity contribution in [1.29, 1.82) is 0 Å². The number of hydrogen-bond acceptors (Lipinski definition) is 5. The minimum absolute atomic E-state index is 0.0975. The Morgan fingerprint density at radius 1 is 1.29 bits per heavy atom. The molecule has 124 valence electrons. The molecule has 0 bridgehead atoms. The van der Waals surface area contributed by atoms with Crippen LogP contribution in [0.4, 0.5) is 0 Å². The predicted octanol–water partition coefficient (Wildman–Crippen LogP) is 2.55. The van der Waals surface area contributed by atoms with Crippen molar-refractivity contribution in [3.8, 4) is 5.75 Å². The molecule has 6 nitrogen and oxygen atoms in total. The number of benzene rings is 1. The fourth-order valence-corrected chi connectivity index (χ4v) is 2.82. The number of carbonyl (C=O) groups is 1. The van der Waals surface area contributed by atoms with E-state index in [1.165, 1.54) is 6.07 Å². The molecular weight excluding hydrogens is 306 g/mol. The van der Waals surface area contributed by atoms with Crippen molar-refractivity contribution in [1.82, 2.24) is 9.99 Å². The number of para-hydroxylation sites is 1. The van der Waals surface area contributed by atoms with E-state index in [0.717, 1.165) is 10.7 Å². The summed E-state index contributed by atoms with van der Waals surface area (Å²) in [6, 6.07) is 8.24. The van der Waals surface area contributed by atoms with Crippen LogP contribution >= 0.6 is 0 Å². The summed E-state index contributed by atoms with van der Waals surface area (Å²) >= 11 is 0. The molecule has 2 aromatic rings. The molecule has 2 N–H and O–H groups in total. The lowest BCUT2D eigenvalue weighted by atomic mass is 9.97. The van der Waals surface area contributed by atoms with Gasteiger partial charge in [-0.25, -0.2) is 0 Å². The van der Waals surface area contributed by atoms with Gasteiger partial charge in [0.2, 0.25) is 0 Å². The minimum Gasteiger partial charge on any atom is -0.507 e. The Labute approximate surface area is 140 Å². The normalized spacial score (nSPS) is 20.1. The molecule has 0 saturated heterocycles. The average molecular weight is 325 g/mol. The second kappa shape index (κ2) is 6.05. The molecule has 6 heteroatoms. The number of rotatable bonds is 3. The van der Waals surface area contributed by atoms with Gasteiger partial charge in [0.15, 0.2) is 5.72 Å². The van der Waals surface area contributed by atoms with Crippen molar-refractivity contribution in [2.75, 3.05) is 0 Å². The van der Waals surface area contributed by atoms with E-state index in [9.17, 15) is 15.0 Å². The molecule has 0 saturated carbocycles. The molecule has 1 atom stereocenters. The van der Waals surface area contributed by atoms with E-state index < -0.39 is 11.6 Å². The van der Waals surface area contributed by atoms with Gasteiger partial charge in [0.1, 0.15) is 5.75 Å². The summed E-state index contributed by atoms with van der Waals surface area (Å²) in [6.07, 6.45) is 3.97. The quantitative estimate of drug-likeness (QED) is 0.908. The lowest BCUT2D eigenvalue weighted by Crippen LogP contribution is -2.43. The maximum absolute atomic E-state index is 13.0. The number of hydrazone groups is 1. The standard InChI is InChI=1S/C18H19N3O3/c1-3-14-11-18(24,13-7-9-19-10-8-13)21(20-14)17(23)15-6-4-5-12(2)16(15)22/h4-10,22,24H,3,11H2,1-2H3/t18-/m0/s1. The van der Waals surface area contributed by atoms with Crippen LogP contribution < -0.4 is 0 Å². The second-order valence-electron chi connectivity index (χ2n) is 5.84. The summed E-state index contributed by atoms with van der Waals surface area (Å²) in [5, 5.41) is 26.8. The summed E-state index contributed by atoms with van der Waals surface area (Å²) in [5.41, 5.74) is 0.373. The second-order valence-corrected chi connectivity index (χ2v) is 5.84. The number of aliphatic hydroxyl groups is 1. The van der Waals surface area contributed by atoms with Gasteiger partial charge in [-0.15, -0.1) is 0 Å². The highest BCUT2D eigenvalue weighted by molar-refractivity contribution is 6.00. The molecule has 2 heterocycles. The topological polar surface area (TPSA) is 86.0 Å². The third-order valence-corrected chi connectivity index (χ3v) is 4.25. The van der Waals surface area contributed by atoms with Crippen LogP contribution in [0.25, 0.3) is 0 Å². The van der Waals surface area contributed by atoms with Crippen molar-refractivity contribution >= 4 is 11.6 Å². The van der Waals surface area contributed by atoms with E-state index in [4.69, 9.17) is 0 Å². The summed E-state index contributed by atoms with van der Waals surface area (Å²) in [4.78, 5) is 16.9. The van der Waals surface area contributed by atoms with Crippen molar-refractivity contribution in [2.45, 2.75) is 32.4 Å². The van der Waals surface area contributed by atoms with E-state index in [0.29, 0.717) is 17.5 Å². The van der Waals surface area contributed by atoms with Crippen molar-refractivity contribution in [3.63, 3.8) is 0 Å². The number of aromatic nitrogens is 1. The molecule has 24 heavy (non-hydrogen) atoms. The number of phenolic OH excluding ortho intramolecular Hbond substituents is 1. The molecule has 0 fully saturated rings. The highest BCUT2D eigenvalue weighted by Crippen LogP contribution is 2.38. The molecule has 1 aromatic carbocycles. The summed E-state index contributed by atoms with van der Waals surface area (Å²) in [6.45, 7) is 3.63. The molecule has 1 amide bonds. The summed E-state index contributed by atoms with van der Waals surface area (Å²) in [5.74, 6) is -0.640. The minimum atomic E-state index is -1.58. The van der Waals surface area contributed by atoms with Crippen molar-refractivity contribution in [2.24, 2.45) is 5.10 Å². The van der Waals surface area contributed by atoms with Crippen LogP contribution in [0, 0.1) is 6.92 Å². The monoisotopic (exact) mass is 325 g/mol. The Hall–Kier alpha value is -2.73. The molecule has 1 aliphatic heterocycles. The molecule has 0 unspecified atom stereocenters. The zero-order valence-electron chi connectivity index (χ0n) is 13.6. The first-order valence-electron chi connectivity index (χ1n) is 7.79. The molecule has 0 radical (unpaired) electrons. The van der Waals surface area contributed by atoms with Gasteiger partial charge >= 0.3 is 0 Å². The van der Waals surface area contributed by atoms with Crippen LogP contribution in [0.3, 0.4) is 0 Å². The lowest BCUT2D eigenvalue weighted by molar-refractivity contribution is -0.0766. The maximum Gasteiger partial charge on any atom is 0.280 e. The Bertz CT molecular complexity index is 804. The molecule has 1 aliphatic rings. The number of carbonyl (C=O) groups excluding carboxylic acids is 1. The average Bonchev–Trinajstić information content (AvgIpc) is 2.96. The maximum atomic E-state index is 13.0. The fraction of sp³-hybridized carbons (Fsp3) is 0.278. The highest BCUT2D eigenvalue weighted by atomic mass is 16.3. The Kier molecular flexibility index (Phi) is 4.07. The van der Waals surface area contributed by atoms with E-state index in [2.05, 4.69) is 10.1 Å². The van der Waals surface area contributed by atoms with Crippen LogP contribution in [0.15, 0.2) is 47.8 Å². The Morgan fingerprint density at radius 2 is 2.00 bits per heavy atom. The van der Waals surface area contributed by atoms with Crippen molar-refractivity contribution in [3.05, 3.63) is 59.4 Å². The number of amides is 1. The van der Waals surface area contributed by atoms with Crippen LogP contribution in [-0.4, -0.2) is 31.8 Å². The Balaban J connectivity index is 2.07. The van der Waals surface area contributed by atoms with Gasteiger partial charge in [-0.2, -0.15) is 10.1 Å². The van der Waals surface area contributed by atoms with Crippen LogP contribution in [0.1, 0.15) is 41.3 Å². The number of aromatic hydroxyl groups is 1. The van der Waals surface area contributed by atoms with E-state index in [1.54, 1.807) is 43.6 Å². The summed E-state index contributed by atoms with van der Waals surface area (Å²) in [7, 11) is 0. The van der Waals surface area contributed by atoms with Gasteiger partial charge in [-0.3, -0.25) is 9.78 Å². The van der Waals surface area contributed by atoms with E-state index in [1.807, 2.05) is 6.92 Å². The SMILES string of the molecule is CCC1=NN(C(=O)c2cccc(C)c2O)[C@@](O)(c2ccncc2)C1. The van der Waals surface area contributed by atoms with Crippen LogP contribution in [0.2, 0.25) is 0 Å². The van der Waals surface area contributed by atoms with Gasteiger partial charge in [0, 0.05) is 30.1 Å². The smallest absolute Gasteiger partial charge is 0.280 e. The first-order valence-corrected chi connectivity index (χ1v) is 7.79. The number of phenols is 1. The molecule has 1 aromatic heterocycles. The summed E-state index contributed by atoms with van der Waals surface area (Å²) < 4.78 is 0. The number of nitrogens with zero attached hydrogens (tertiary/aromatic N) is 3. The van der Waals surface area contributed by atoms with Gasteiger partial charge in [0.25, 0.3) is 5.91 Å². The zero-order chi connectivity index (χ0) is 17.3. The predicted molar refractivity (Wildman–Crippen MR) is 89.5 cm³/mol. The number of hydrogen-bond donors (Lipinski definition) is 2. The molecule has 0 spiro atoms. The third kappa shape index (κ3) is 2.55. The van der Waals surface area contributed by atoms with E-state index in [-0.39, 0.29) is 17.7 Å². The van der Waals surface area contributed by atoms with Crippen LogP contribution in [0.5, 0.6) is 5.75 Å². The molecule has 3 rings (SSSR count). The first kappa shape index (κ1) is 16.1. The molecular formula is C18H19N3O3.